The van der Waals surface area contributed by atoms with Crippen LogP contribution in [0.25, 0.3) is 0 Å². The van der Waals surface area contributed by atoms with Gasteiger partial charge in [0.25, 0.3) is 0 Å². The summed E-state index contributed by atoms with van der Waals surface area (Å²) in [7, 11) is 0. The SMILES string of the molecule is C1CCC2CCCCC2C1.CCCCCCc1cccc(C2CCc3c(ccc(OC(F)F)c3F)C2)c1C#Cc1ccccc1. The van der Waals surface area contributed by atoms with Gasteiger partial charge in [0.15, 0.2) is 11.6 Å². The maximum absolute atomic E-state index is 14.8. The highest BCUT2D eigenvalue weighted by molar-refractivity contribution is 5.53. The summed E-state index contributed by atoms with van der Waals surface area (Å²) in [6.45, 7) is -0.825. The van der Waals surface area contributed by atoms with E-state index in [4.69, 9.17) is 0 Å². The summed E-state index contributed by atoms with van der Waals surface area (Å²) in [5.41, 5.74) is 5.86. The van der Waals surface area contributed by atoms with Crippen LogP contribution in [0.2, 0.25) is 0 Å². The summed E-state index contributed by atoms with van der Waals surface area (Å²) < 4.78 is 44.4. The van der Waals surface area contributed by atoms with Crippen molar-refractivity contribution in [3.05, 3.63) is 99.9 Å². The van der Waals surface area contributed by atoms with Gasteiger partial charge in [-0.1, -0.05) is 132 Å². The average molecular weight is 615 g/mol. The van der Waals surface area contributed by atoms with Crippen LogP contribution >= 0.6 is 0 Å². The molecule has 6 rings (SSSR count). The van der Waals surface area contributed by atoms with E-state index in [2.05, 4.69) is 41.7 Å². The number of aryl methyl sites for hydroxylation is 1. The van der Waals surface area contributed by atoms with Crippen molar-refractivity contribution in [1.82, 2.24) is 0 Å². The number of ether oxygens (including phenoxy) is 1. The van der Waals surface area contributed by atoms with E-state index in [0.29, 0.717) is 18.4 Å². The Balaban J connectivity index is 0.000000336. The first-order valence-corrected chi connectivity index (χ1v) is 17.5. The Bertz CT molecular complexity index is 1390. The molecule has 0 aromatic heterocycles. The second kappa shape index (κ2) is 16.9. The molecular formula is C41H49F3O. The molecule has 3 aliphatic carbocycles. The molecule has 3 aliphatic rings. The van der Waals surface area contributed by atoms with E-state index in [-0.39, 0.29) is 11.7 Å². The monoisotopic (exact) mass is 614 g/mol. The van der Waals surface area contributed by atoms with Gasteiger partial charge in [-0.05, 0) is 90.3 Å². The number of rotatable bonds is 8. The van der Waals surface area contributed by atoms with Crippen LogP contribution in [0.1, 0.15) is 130 Å². The van der Waals surface area contributed by atoms with Crippen LogP contribution in [-0.4, -0.2) is 6.61 Å². The molecule has 1 atom stereocenters. The van der Waals surface area contributed by atoms with E-state index in [0.717, 1.165) is 47.8 Å². The summed E-state index contributed by atoms with van der Waals surface area (Å²) in [6.07, 6.45) is 20.0. The van der Waals surface area contributed by atoms with Crippen molar-refractivity contribution in [3.63, 3.8) is 0 Å². The van der Waals surface area contributed by atoms with E-state index in [1.54, 1.807) is 31.7 Å². The molecule has 0 radical (unpaired) electrons. The largest absolute Gasteiger partial charge is 0.432 e. The lowest BCUT2D eigenvalue weighted by atomic mass is 9.71. The minimum absolute atomic E-state index is 0.194. The van der Waals surface area contributed by atoms with Crippen molar-refractivity contribution >= 4 is 0 Å². The zero-order valence-corrected chi connectivity index (χ0v) is 26.9. The van der Waals surface area contributed by atoms with Gasteiger partial charge < -0.3 is 4.74 Å². The Kier molecular flexibility index (Phi) is 12.5. The van der Waals surface area contributed by atoms with E-state index in [1.807, 2.05) is 30.3 Å². The summed E-state index contributed by atoms with van der Waals surface area (Å²) in [6, 6.07) is 19.4. The van der Waals surface area contributed by atoms with Gasteiger partial charge >= 0.3 is 6.61 Å². The molecule has 45 heavy (non-hydrogen) atoms. The van der Waals surface area contributed by atoms with Crippen LogP contribution in [0.4, 0.5) is 13.2 Å². The summed E-state index contributed by atoms with van der Waals surface area (Å²) in [4.78, 5) is 0. The Morgan fingerprint density at radius 2 is 1.49 bits per heavy atom. The lowest BCUT2D eigenvalue weighted by Gasteiger charge is -2.35. The van der Waals surface area contributed by atoms with Gasteiger partial charge in [0.2, 0.25) is 0 Å². The third-order valence-electron chi connectivity index (χ3n) is 10.2. The molecule has 0 spiro atoms. The fourth-order valence-corrected chi connectivity index (χ4v) is 7.82. The number of unbranched alkanes of at least 4 members (excludes halogenated alkanes) is 3. The number of fused-ring (bicyclic) bond motifs is 2. The second-order valence-electron chi connectivity index (χ2n) is 13.2. The van der Waals surface area contributed by atoms with Crippen LogP contribution in [-0.2, 0) is 19.3 Å². The molecule has 0 saturated heterocycles. The van der Waals surface area contributed by atoms with Crippen LogP contribution in [0, 0.1) is 29.5 Å². The van der Waals surface area contributed by atoms with E-state index < -0.39 is 12.4 Å². The first-order chi connectivity index (χ1) is 22.0. The average Bonchev–Trinajstić information content (AvgIpc) is 3.07. The van der Waals surface area contributed by atoms with Crippen LogP contribution in [0.5, 0.6) is 5.75 Å². The molecule has 0 N–H and O–H groups in total. The van der Waals surface area contributed by atoms with Crippen molar-refractivity contribution in [2.45, 2.75) is 122 Å². The number of hydrogen-bond acceptors (Lipinski definition) is 1. The predicted octanol–water partition coefficient (Wildman–Crippen LogP) is 11.6. The molecular weight excluding hydrogens is 565 g/mol. The molecule has 1 unspecified atom stereocenters. The van der Waals surface area contributed by atoms with Crippen molar-refractivity contribution in [2.75, 3.05) is 0 Å². The Labute approximate surface area is 269 Å². The summed E-state index contributed by atoms with van der Waals surface area (Å²) in [5.74, 6) is 8.29. The number of hydrogen-bond donors (Lipinski definition) is 0. The van der Waals surface area contributed by atoms with Crippen molar-refractivity contribution in [2.24, 2.45) is 11.8 Å². The maximum Gasteiger partial charge on any atom is 0.387 e. The van der Waals surface area contributed by atoms with Gasteiger partial charge in [0.05, 0.1) is 0 Å². The second-order valence-corrected chi connectivity index (χ2v) is 13.2. The molecule has 0 aliphatic heterocycles. The van der Waals surface area contributed by atoms with E-state index >= 15 is 0 Å². The lowest BCUT2D eigenvalue weighted by molar-refractivity contribution is -0.0523. The van der Waals surface area contributed by atoms with E-state index in [9.17, 15) is 13.2 Å². The summed E-state index contributed by atoms with van der Waals surface area (Å²) in [5, 5.41) is 0. The highest BCUT2D eigenvalue weighted by Gasteiger charge is 2.28. The van der Waals surface area contributed by atoms with Gasteiger partial charge in [0.1, 0.15) is 0 Å². The predicted molar refractivity (Wildman–Crippen MR) is 178 cm³/mol. The minimum Gasteiger partial charge on any atom is -0.432 e. The number of alkyl halides is 2. The fraction of sp³-hybridized carbons (Fsp3) is 0.512. The molecule has 0 bridgehead atoms. The molecule has 3 aromatic carbocycles. The van der Waals surface area contributed by atoms with Crippen LogP contribution in [0.15, 0.2) is 60.7 Å². The van der Waals surface area contributed by atoms with Crippen molar-refractivity contribution in [3.8, 4) is 17.6 Å². The summed E-state index contributed by atoms with van der Waals surface area (Å²) >= 11 is 0. The Morgan fingerprint density at radius 3 is 2.16 bits per heavy atom. The lowest BCUT2D eigenvalue weighted by Crippen LogP contribution is -2.22. The molecule has 3 aromatic rings. The third-order valence-corrected chi connectivity index (χ3v) is 10.2. The Hall–Kier alpha value is -3.19. The molecule has 240 valence electrons. The smallest absolute Gasteiger partial charge is 0.387 e. The molecule has 0 heterocycles. The quantitative estimate of drug-likeness (QED) is 0.181. The van der Waals surface area contributed by atoms with Crippen molar-refractivity contribution < 1.29 is 17.9 Å². The number of benzene rings is 3. The fourth-order valence-electron chi connectivity index (χ4n) is 7.82. The number of halogens is 3. The zero-order valence-electron chi connectivity index (χ0n) is 26.9. The van der Waals surface area contributed by atoms with Gasteiger partial charge in [-0.3, -0.25) is 0 Å². The van der Waals surface area contributed by atoms with E-state index in [1.165, 1.54) is 62.1 Å². The third kappa shape index (κ3) is 9.18. The molecule has 4 heteroatoms. The highest BCUT2D eigenvalue weighted by Crippen LogP contribution is 2.40. The molecule has 2 fully saturated rings. The molecule has 1 nitrogen and oxygen atoms in total. The topological polar surface area (TPSA) is 9.23 Å². The zero-order chi connectivity index (χ0) is 31.4. The normalized spacial score (nSPS) is 20.6. The van der Waals surface area contributed by atoms with Gasteiger partial charge in [-0.2, -0.15) is 8.78 Å². The molecule has 2 saturated carbocycles. The van der Waals surface area contributed by atoms with Crippen molar-refractivity contribution in [1.29, 1.82) is 0 Å². The van der Waals surface area contributed by atoms with Gasteiger partial charge in [0, 0.05) is 11.1 Å². The first kappa shape index (κ1) is 33.2. The highest BCUT2D eigenvalue weighted by atomic mass is 19.3. The van der Waals surface area contributed by atoms with Crippen LogP contribution in [0.3, 0.4) is 0 Å². The maximum atomic E-state index is 14.8. The van der Waals surface area contributed by atoms with Gasteiger partial charge in [-0.25, -0.2) is 4.39 Å². The van der Waals surface area contributed by atoms with Crippen LogP contribution < -0.4 is 4.74 Å². The first-order valence-electron chi connectivity index (χ1n) is 17.5. The standard InChI is InChI=1S/C31H31F3O.C10H18/c1-2-3-4-8-12-23-13-9-14-26(27(23)18-15-22-10-6-5-7-11-22)24-16-19-28-25(21-24)17-20-29(30(28)32)35-31(33)34;1-2-6-10-8-4-3-7-9(10)5-1/h5-7,9-11,13-14,17,20,24,31H,2-4,8,12,16,19,21H2,1H3;9-10H,1-8H2. The Morgan fingerprint density at radius 1 is 0.778 bits per heavy atom. The van der Waals surface area contributed by atoms with Gasteiger partial charge in [-0.15, -0.1) is 0 Å². The minimum atomic E-state index is -3.04. The molecule has 0 amide bonds.